The van der Waals surface area contributed by atoms with Crippen molar-refractivity contribution in [2.75, 3.05) is 0 Å². The van der Waals surface area contributed by atoms with Crippen LogP contribution >= 0.6 is 23.2 Å². The zero-order chi connectivity index (χ0) is 19.8. The standard InChI is InChI=1S/C21H19Cl2FO3/c1-20(2)17(11-18(22)23)21(20,19(25)26)12-13-8-9-15(24)16(10-13)27-14-6-4-3-5-7-14/h3-11,17H,12H2,1-2H3,(H,25,26). The van der Waals surface area contributed by atoms with Gasteiger partial charge in [0, 0.05) is 5.92 Å². The lowest BCUT2D eigenvalue weighted by Crippen LogP contribution is -2.24. The lowest BCUT2D eigenvalue weighted by Gasteiger charge is -2.16. The van der Waals surface area contributed by atoms with Gasteiger partial charge in [0.05, 0.1) is 5.41 Å². The maximum Gasteiger partial charge on any atom is 0.311 e. The van der Waals surface area contributed by atoms with Crippen molar-refractivity contribution in [3.63, 3.8) is 0 Å². The molecule has 6 heteroatoms. The molecule has 3 nitrogen and oxygen atoms in total. The van der Waals surface area contributed by atoms with Crippen molar-refractivity contribution < 1.29 is 19.0 Å². The minimum absolute atomic E-state index is 0.0448. The topological polar surface area (TPSA) is 46.5 Å². The van der Waals surface area contributed by atoms with E-state index in [-0.39, 0.29) is 22.6 Å². The lowest BCUT2D eigenvalue weighted by molar-refractivity contribution is -0.145. The number of benzene rings is 2. The van der Waals surface area contributed by atoms with Crippen LogP contribution in [0.4, 0.5) is 4.39 Å². The number of halogens is 3. The zero-order valence-electron chi connectivity index (χ0n) is 14.9. The van der Waals surface area contributed by atoms with Gasteiger partial charge in [-0.3, -0.25) is 4.79 Å². The summed E-state index contributed by atoms with van der Waals surface area (Å²) < 4.78 is 19.8. The minimum atomic E-state index is -1.07. The van der Waals surface area contributed by atoms with Gasteiger partial charge in [-0.05, 0) is 47.7 Å². The average molecular weight is 409 g/mol. The van der Waals surface area contributed by atoms with Crippen LogP contribution < -0.4 is 4.74 Å². The Hall–Kier alpha value is -2.04. The fourth-order valence-corrected chi connectivity index (χ4v) is 4.12. The van der Waals surface area contributed by atoms with E-state index < -0.39 is 22.6 Å². The Bertz CT molecular complexity index is 892. The largest absolute Gasteiger partial charge is 0.481 e. The summed E-state index contributed by atoms with van der Waals surface area (Å²) in [5.74, 6) is -1.21. The number of para-hydroxylation sites is 1. The van der Waals surface area contributed by atoms with E-state index in [4.69, 9.17) is 27.9 Å². The third-order valence-corrected chi connectivity index (χ3v) is 5.75. The summed E-state index contributed by atoms with van der Waals surface area (Å²) in [6.45, 7) is 3.73. The summed E-state index contributed by atoms with van der Waals surface area (Å²) in [7, 11) is 0. The number of carboxylic acids is 1. The monoisotopic (exact) mass is 408 g/mol. The number of allylic oxidation sites excluding steroid dienone is 1. The van der Waals surface area contributed by atoms with Gasteiger partial charge in [0.25, 0.3) is 0 Å². The van der Waals surface area contributed by atoms with Gasteiger partial charge in [0.1, 0.15) is 10.2 Å². The van der Waals surface area contributed by atoms with E-state index in [0.29, 0.717) is 11.3 Å². The zero-order valence-corrected chi connectivity index (χ0v) is 16.4. The van der Waals surface area contributed by atoms with Gasteiger partial charge in [0.2, 0.25) is 0 Å². The van der Waals surface area contributed by atoms with Crippen molar-refractivity contribution in [3.8, 4) is 11.5 Å². The first-order valence-electron chi connectivity index (χ1n) is 8.46. The molecule has 2 unspecified atom stereocenters. The van der Waals surface area contributed by atoms with Crippen LogP contribution in [0.5, 0.6) is 11.5 Å². The van der Waals surface area contributed by atoms with E-state index >= 15 is 0 Å². The Kier molecular flexibility index (Phi) is 5.24. The number of rotatable bonds is 6. The Labute approximate surface area is 167 Å². The summed E-state index contributed by atoms with van der Waals surface area (Å²) in [4.78, 5) is 12.1. The van der Waals surface area contributed by atoms with Crippen LogP contribution in [0, 0.1) is 22.6 Å². The molecule has 0 spiro atoms. The molecule has 0 bridgehead atoms. The molecule has 1 N–H and O–H groups in total. The normalized spacial score (nSPS) is 22.8. The summed E-state index contributed by atoms with van der Waals surface area (Å²) in [6.07, 6.45) is 1.78. The maximum atomic E-state index is 14.2. The highest BCUT2D eigenvalue weighted by Crippen LogP contribution is 2.71. The molecular formula is C21H19Cl2FO3. The van der Waals surface area contributed by atoms with Crippen molar-refractivity contribution in [3.05, 3.63) is 70.5 Å². The second kappa shape index (κ2) is 7.17. The molecule has 0 heterocycles. The third-order valence-electron chi connectivity index (χ3n) is 5.50. The van der Waals surface area contributed by atoms with Gasteiger partial charge in [-0.25, -0.2) is 4.39 Å². The van der Waals surface area contributed by atoms with Crippen molar-refractivity contribution in [1.29, 1.82) is 0 Å². The highest BCUT2D eigenvalue weighted by molar-refractivity contribution is 6.55. The lowest BCUT2D eigenvalue weighted by atomic mass is 9.88. The van der Waals surface area contributed by atoms with Crippen LogP contribution in [0.15, 0.2) is 59.1 Å². The third kappa shape index (κ3) is 3.56. The van der Waals surface area contributed by atoms with Gasteiger partial charge in [-0.15, -0.1) is 0 Å². The highest BCUT2D eigenvalue weighted by Gasteiger charge is 2.74. The van der Waals surface area contributed by atoms with Gasteiger partial charge in [0.15, 0.2) is 11.6 Å². The van der Waals surface area contributed by atoms with Gasteiger partial charge in [-0.2, -0.15) is 0 Å². The number of hydrogen-bond donors (Lipinski definition) is 1. The molecule has 0 saturated heterocycles. The molecule has 0 amide bonds. The number of hydrogen-bond acceptors (Lipinski definition) is 2. The van der Waals surface area contributed by atoms with E-state index in [2.05, 4.69) is 0 Å². The Morgan fingerprint density at radius 3 is 2.48 bits per heavy atom. The highest BCUT2D eigenvalue weighted by atomic mass is 35.5. The van der Waals surface area contributed by atoms with Gasteiger partial charge in [-0.1, -0.05) is 61.3 Å². The summed E-state index contributed by atoms with van der Waals surface area (Å²) >= 11 is 11.6. The second-order valence-electron chi connectivity index (χ2n) is 7.29. The van der Waals surface area contributed by atoms with Gasteiger partial charge < -0.3 is 9.84 Å². The molecule has 1 saturated carbocycles. The van der Waals surface area contributed by atoms with Crippen molar-refractivity contribution in [2.24, 2.45) is 16.7 Å². The molecule has 2 aromatic rings. The van der Waals surface area contributed by atoms with Crippen molar-refractivity contribution in [2.45, 2.75) is 20.3 Å². The van der Waals surface area contributed by atoms with Crippen molar-refractivity contribution >= 4 is 29.2 Å². The summed E-state index contributed by atoms with van der Waals surface area (Å²) in [5.41, 5.74) is -0.938. The maximum absolute atomic E-state index is 14.2. The molecule has 27 heavy (non-hydrogen) atoms. The fraction of sp³-hybridized carbons (Fsp3) is 0.286. The van der Waals surface area contributed by atoms with E-state index in [1.807, 2.05) is 19.9 Å². The Morgan fingerprint density at radius 1 is 1.22 bits per heavy atom. The fourth-order valence-electron chi connectivity index (χ4n) is 3.87. The van der Waals surface area contributed by atoms with E-state index in [0.717, 1.165) is 0 Å². The molecule has 1 fully saturated rings. The number of ether oxygens (including phenoxy) is 1. The predicted molar refractivity (Wildman–Crippen MR) is 104 cm³/mol. The predicted octanol–water partition coefficient (Wildman–Crippen LogP) is 6.21. The van der Waals surface area contributed by atoms with Crippen molar-refractivity contribution in [1.82, 2.24) is 0 Å². The molecule has 1 aliphatic carbocycles. The Morgan fingerprint density at radius 2 is 1.89 bits per heavy atom. The number of carboxylic acid groups (broad SMARTS) is 1. The first-order valence-corrected chi connectivity index (χ1v) is 9.21. The molecule has 0 aromatic heterocycles. The van der Waals surface area contributed by atoms with Crippen LogP contribution in [0.1, 0.15) is 19.4 Å². The molecule has 0 radical (unpaired) electrons. The molecule has 3 rings (SSSR count). The van der Waals surface area contributed by atoms with Gasteiger partial charge >= 0.3 is 5.97 Å². The summed E-state index contributed by atoms with van der Waals surface area (Å²) in [6, 6.07) is 13.3. The Balaban J connectivity index is 1.92. The van der Waals surface area contributed by atoms with Crippen LogP contribution in [0.25, 0.3) is 0 Å². The second-order valence-corrected chi connectivity index (χ2v) is 8.30. The van der Waals surface area contributed by atoms with Crippen LogP contribution in [0.3, 0.4) is 0 Å². The molecule has 142 valence electrons. The van der Waals surface area contributed by atoms with E-state index in [1.54, 1.807) is 42.5 Å². The molecular weight excluding hydrogens is 390 g/mol. The quantitative estimate of drug-likeness (QED) is 0.617. The number of carbonyl (C=O) groups is 1. The first kappa shape index (κ1) is 19.7. The first-order chi connectivity index (χ1) is 12.7. The van der Waals surface area contributed by atoms with Crippen LogP contribution in [-0.4, -0.2) is 11.1 Å². The van der Waals surface area contributed by atoms with E-state index in [9.17, 15) is 14.3 Å². The molecule has 2 aromatic carbocycles. The van der Waals surface area contributed by atoms with E-state index in [1.165, 1.54) is 6.07 Å². The average Bonchev–Trinajstić information content (AvgIpc) is 3.06. The SMILES string of the molecule is CC1(C)C(C=C(Cl)Cl)C1(Cc1ccc(F)c(Oc2ccccc2)c1)C(=O)O. The van der Waals surface area contributed by atoms with Crippen LogP contribution in [-0.2, 0) is 11.2 Å². The van der Waals surface area contributed by atoms with Crippen LogP contribution in [0.2, 0.25) is 0 Å². The molecule has 0 aliphatic heterocycles. The number of aliphatic carboxylic acids is 1. The summed E-state index contributed by atoms with van der Waals surface area (Å²) in [5, 5.41) is 9.92. The molecule has 1 aliphatic rings. The minimum Gasteiger partial charge on any atom is -0.481 e. The molecule has 2 atom stereocenters. The smallest absolute Gasteiger partial charge is 0.311 e.